The second-order valence-electron chi connectivity index (χ2n) is 3.59. The number of aryl methyl sites for hydroxylation is 2. The van der Waals surface area contributed by atoms with E-state index in [4.69, 9.17) is 0 Å². The normalized spacial score (nSPS) is 11.1. The fraction of sp³-hybridized carbons (Fsp3) is 0.455. The van der Waals surface area contributed by atoms with Crippen LogP contribution >= 0.6 is 15.9 Å². The first kappa shape index (κ1) is 10.6. The molecule has 0 bridgehead atoms. The van der Waals surface area contributed by atoms with Crippen LogP contribution < -0.4 is 0 Å². The molecule has 0 saturated carbocycles. The molecule has 0 unspecified atom stereocenters. The standard InChI is InChI=1S/C11H14BrN3/c1-3-5-10-13-11-7-8(4-2)6-9(12)15(11)14-10/h6-7H,3-5H2,1-2H3. The number of hydrogen-bond acceptors (Lipinski definition) is 2. The van der Waals surface area contributed by atoms with Gasteiger partial charge >= 0.3 is 0 Å². The molecule has 0 amide bonds. The quantitative estimate of drug-likeness (QED) is 0.801. The molecule has 0 aromatic carbocycles. The maximum Gasteiger partial charge on any atom is 0.157 e. The van der Waals surface area contributed by atoms with Gasteiger partial charge < -0.3 is 0 Å². The molecule has 2 heterocycles. The fourth-order valence-corrected chi connectivity index (χ4v) is 2.13. The Morgan fingerprint density at radius 2 is 2.13 bits per heavy atom. The molecule has 15 heavy (non-hydrogen) atoms. The molecule has 0 aliphatic carbocycles. The van der Waals surface area contributed by atoms with Crippen molar-refractivity contribution in [2.75, 3.05) is 0 Å². The SMILES string of the molecule is CCCc1nc2cc(CC)cc(Br)n2n1. The molecule has 0 atom stereocenters. The second-order valence-corrected chi connectivity index (χ2v) is 4.40. The van der Waals surface area contributed by atoms with Gasteiger partial charge in [0, 0.05) is 6.42 Å². The Bertz CT molecular complexity index is 476. The van der Waals surface area contributed by atoms with Crippen molar-refractivity contribution in [3.8, 4) is 0 Å². The monoisotopic (exact) mass is 267 g/mol. The molecule has 0 fully saturated rings. The molecule has 0 saturated heterocycles. The van der Waals surface area contributed by atoms with Crippen LogP contribution in [0, 0.1) is 0 Å². The van der Waals surface area contributed by atoms with E-state index in [1.807, 2.05) is 4.52 Å². The summed E-state index contributed by atoms with van der Waals surface area (Å²) in [6.07, 6.45) is 3.04. The summed E-state index contributed by atoms with van der Waals surface area (Å²) in [6.45, 7) is 4.28. The number of fused-ring (bicyclic) bond motifs is 1. The first-order chi connectivity index (χ1) is 7.24. The summed E-state index contributed by atoms with van der Waals surface area (Å²) >= 11 is 3.51. The molecule has 80 valence electrons. The summed E-state index contributed by atoms with van der Waals surface area (Å²) in [5.41, 5.74) is 2.22. The summed E-state index contributed by atoms with van der Waals surface area (Å²) in [6, 6.07) is 4.19. The van der Waals surface area contributed by atoms with Gasteiger partial charge in [0.1, 0.15) is 4.60 Å². The first-order valence-corrected chi connectivity index (χ1v) is 6.08. The summed E-state index contributed by atoms with van der Waals surface area (Å²) in [7, 11) is 0. The first-order valence-electron chi connectivity index (χ1n) is 5.28. The van der Waals surface area contributed by atoms with Gasteiger partial charge in [0.05, 0.1) is 0 Å². The van der Waals surface area contributed by atoms with Crippen LogP contribution in [0.4, 0.5) is 0 Å². The van der Waals surface area contributed by atoms with Gasteiger partial charge in [-0.3, -0.25) is 0 Å². The highest BCUT2D eigenvalue weighted by molar-refractivity contribution is 9.10. The molecule has 4 heteroatoms. The van der Waals surface area contributed by atoms with Gasteiger partial charge in [0.25, 0.3) is 0 Å². The van der Waals surface area contributed by atoms with Crippen molar-refractivity contribution in [3.05, 3.63) is 28.1 Å². The molecule has 0 aliphatic rings. The zero-order valence-electron chi connectivity index (χ0n) is 9.00. The average molecular weight is 268 g/mol. The van der Waals surface area contributed by atoms with E-state index in [1.165, 1.54) is 5.56 Å². The molecule has 0 N–H and O–H groups in total. The Morgan fingerprint density at radius 3 is 2.80 bits per heavy atom. The van der Waals surface area contributed by atoms with Crippen molar-refractivity contribution in [2.24, 2.45) is 0 Å². The predicted octanol–water partition coefficient (Wildman–Crippen LogP) is 3.01. The molecule has 0 spiro atoms. The maximum atomic E-state index is 4.49. The number of hydrogen-bond donors (Lipinski definition) is 0. The molecule has 2 aromatic heterocycles. The fourth-order valence-electron chi connectivity index (χ4n) is 1.57. The van der Waals surface area contributed by atoms with Crippen LogP contribution in [-0.2, 0) is 12.8 Å². The number of rotatable bonds is 3. The van der Waals surface area contributed by atoms with Crippen LogP contribution in [0.3, 0.4) is 0 Å². The highest BCUT2D eigenvalue weighted by Gasteiger charge is 2.06. The van der Waals surface area contributed by atoms with Gasteiger partial charge in [-0.05, 0) is 46.5 Å². The van der Waals surface area contributed by atoms with Gasteiger partial charge in [-0.2, -0.15) is 5.10 Å². The highest BCUT2D eigenvalue weighted by Crippen LogP contribution is 2.16. The Morgan fingerprint density at radius 1 is 1.33 bits per heavy atom. The zero-order valence-corrected chi connectivity index (χ0v) is 10.6. The summed E-state index contributed by atoms with van der Waals surface area (Å²) < 4.78 is 2.83. The third kappa shape index (κ3) is 2.04. The summed E-state index contributed by atoms with van der Waals surface area (Å²) in [4.78, 5) is 4.49. The van der Waals surface area contributed by atoms with Crippen molar-refractivity contribution < 1.29 is 0 Å². The van der Waals surface area contributed by atoms with Gasteiger partial charge in [0.15, 0.2) is 11.5 Å². The predicted molar refractivity (Wildman–Crippen MR) is 64.1 cm³/mol. The molecular formula is C11H14BrN3. The van der Waals surface area contributed by atoms with Crippen LogP contribution in [-0.4, -0.2) is 14.6 Å². The van der Waals surface area contributed by atoms with E-state index < -0.39 is 0 Å². The molecule has 3 nitrogen and oxygen atoms in total. The van der Waals surface area contributed by atoms with Crippen LogP contribution in [0.2, 0.25) is 0 Å². The van der Waals surface area contributed by atoms with Gasteiger partial charge in [-0.1, -0.05) is 13.8 Å². The van der Waals surface area contributed by atoms with E-state index in [0.29, 0.717) is 0 Å². The Kier molecular flexibility index (Phi) is 3.05. The van der Waals surface area contributed by atoms with Gasteiger partial charge in [-0.25, -0.2) is 9.50 Å². The van der Waals surface area contributed by atoms with E-state index in [1.54, 1.807) is 0 Å². The number of aromatic nitrogens is 3. The van der Waals surface area contributed by atoms with Gasteiger partial charge in [-0.15, -0.1) is 0 Å². The lowest BCUT2D eigenvalue weighted by molar-refractivity contribution is 0.812. The Labute approximate surface area is 97.6 Å². The molecule has 2 rings (SSSR count). The minimum absolute atomic E-state index is 0.923. The highest BCUT2D eigenvalue weighted by atomic mass is 79.9. The summed E-state index contributed by atoms with van der Waals surface area (Å²) in [5.74, 6) is 0.923. The maximum absolute atomic E-state index is 4.49. The number of nitrogens with zero attached hydrogens (tertiary/aromatic N) is 3. The smallest absolute Gasteiger partial charge is 0.157 e. The van der Waals surface area contributed by atoms with Crippen molar-refractivity contribution >= 4 is 21.6 Å². The zero-order chi connectivity index (χ0) is 10.8. The van der Waals surface area contributed by atoms with Crippen LogP contribution in [0.25, 0.3) is 5.65 Å². The number of pyridine rings is 1. The molecule has 2 aromatic rings. The van der Waals surface area contributed by atoms with Crippen molar-refractivity contribution in [1.82, 2.24) is 14.6 Å². The second kappa shape index (κ2) is 4.31. The third-order valence-electron chi connectivity index (χ3n) is 2.38. The largest absolute Gasteiger partial charge is 0.212 e. The van der Waals surface area contributed by atoms with E-state index in [0.717, 1.165) is 35.3 Å². The lowest BCUT2D eigenvalue weighted by Gasteiger charge is -1.99. The molecular weight excluding hydrogens is 254 g/mol. The van der Waals surface area contributed by atoms with Crippen LogP contribution in [0.5, 0.6) is 0 Å². The van der Waals surface area contributed by atoms with Crippen LogP contribution in [0.15, 0.2) is 16.7 Å². The minimum Gasteiger partial charge on any atom is -0.212 e. The Hall–Kier alpha value is -0.900. The van der Waals surface area contributed by atoms with E-state index in [2.05, 4.69) is 52.0 Å². The summed E-state index contributed by atoms with van der Waals surface area (Å²) in [5, 5.41) is 4.44. The van der Waals surface area contributed by atoms with Crippen molar-refractivity contribution in [2.45, 2.75) is 33.1 Å². The van der Waals surface area contributed by atoms with Crippen molar-refractivity contribution in [3.63, 3.8) is 0 Å². The average Bonchev–Trinajstić information content (AvgIpc) is 2.61. The van der Waals surface area contributed by atoms with E-state index in [9.17, 15) is 0 Å². The van der Waals surface area contributed by atoms with E-state index in [-0.39, 0.29) is 0 Å². The molecule has 0 radical (unpaired) electrons. The third-order valence-corrected chi connectivity index (χ3v) is 2.94. The topological polar surface area (TPSA) is 30.2 Å². The van der Waals surface area contributed by atoms with Crippen LogP contribution in [0.1, 0.15) is 31.7 Å². The van der Waals surface area contributed by atoms with Gasteiger partial charge in [0.2, 0.25) is 0 Å². The van der Waals surface area contributed by atoms with Crippen molar-refractivity contribution in [1.29, 1.82) is 0 Å². The Balaban J connectivity index is 2.54. The lowest BCUT2D eigenvalue weighted by atomic mass is 10.2. The van der Waals surface area contributed by atoms with E-state index >= 15 is 0 Å². The number of halogens is 1. The molecule has 0 aliphatic heterocycles. The lowest BCUT2D eigenvalue weighted by Crippen LogP contribution is -1.93. The minimum atomic E-state index is 0.923.